The molecule has 0 saturated carbocycles. The molecule has 0 fully saturated rings. The van der Waals surface area contributed by atoms with Crippen LogP contribution in [0, 0.1) is 5.82 Å². The molecule has 0 spiro atoms. The van der Waals surface area contributed by atoms with Gasteiger partial charge in [0.15, 0.2) is 11.0 Å². The van der Waals surface area contributed by atoms with Crippen LogP contribution in [0.3, 0.4) is 0 Å². The molecule has 3 aromatic carbocycles. The minimum atomic E-state index is -0.339. The van der Waals surface area contributed by atoms with Crippen LogP contribution in [0.15, 0.2) is 78.0 Å². The molecule has 4 aromatic rings. The third-order valence-corrected chi connectivity index (χ3v) is 5.86. The van der Waals surface area contributed by atoms with Gasteiger partial charge in [0.25, 0.3) is 0 Å². The lowest BCUT2D eigenvalue weighted by molar-refractivity contribution is 0.292. The Bertz CT molecular complexity index is 1130. The fourth-order valence-corrected chi connectivity index (χ4v) is 4.26. The second kappa shape index (κ2) is 9.85. The van der Waals surface area contributed by atoms with E-state index in [-0.39, 0.29) is 12.4 Å². The number of rotatable bonds is 8. The summed E-state index contributed by atoms with van der Waals surface area (Å²) in [7, 11) is 1.62. The zero-order valence-electron chi connectivity index (χ0n) is 16.7. The molecule has 0 amide bonds. The molecule has 0 radical (unpaired) electrons. The molecule has 4 rings (SSSR count). The molecule has 5 nitrogen and oxygen atoms in total. The molecule has 158 valence electrons. The van der Waals surface area contributed by atoms with Crippen LogP contribution >= 0.6 is 23.4 Å². The summed E-state index contributed by atoms with van der Waals surface area (Å²) in [6, 6.07) is 21.7. The quantitative estimate of drug-likeness (QED) is 0.308. The number of aromatic nitrogens is 3. The average molecular weight is 456 g/mol. The van der Waals surface area contributed by atoms with E-state index < -0.39 is 0 Å². The zero-order chi connectivity index (χ0) is 21.6. The molecule has 0 aliphatic carbocycles. The lowest BCUT2D eigenvalue weighted by Gasteiger charge is -2.12. The van der Waals surface area contributed by atoms with E-state index in [4.69, 9.17) is 21.1 Å². The predicted molar refractivity (Wildman–Crippen MR) is 120 cm³/mol. The van der Waals surface area contributed by atoms with Crippen LogP contribution in [0.25, 0.3) is 5.69 Å². The van der Waals surface area contributed by atoms with Gasteiger partial charge in [-0.05, 0) is 48.5 Å². The number of methoxy groups -OCH3 is 1. The molecule has 1 aromatic heterocycles. The van der Waals surface area contributed by atoms with E-state index in [9.17, 15) is 4.39 Å². The monoisotopic (exact) mass is 455 g/mol. The first-order valence-corrected chi connectivity index (χ1v) is 10.8. The van der Waals surface area contributed by atoms with Gasteiger partial charge in [0.05, 0.1) is 7.11 Å². The van der Waals surface area contributed by atoms with Crippen LogP contribution < -0.4 is 9.47 Å². The van der Waals surface area contributed by atoms with Crippen LogP contribution in [-0.4, -0.2) is 21.9 Å². The first-order valence-electron chi connectivity index (χ1n) is 9.48. The molecule has 1 heterocycles. The summed E-state index contributed by atoms with van der Waals surface area (Å²) in [5.41, 5.74) is 1.33. The molecule has 0 N–H and O–H groups in total. The highest BCUT2D eigenvalue weighted by Gasteiger charge is 2.17. The molecule has 0 unspecified atom stereocenters. The van der Waals surface area contributed by atoms with Gasteiger partial charge in [-0.2, -0.15) is 0 Å². The average Bonchev–Trinajstić information content (AvgIpc) is 3.21. The van der Waals surface area contributed by atoms with Gasteiger partial charge in [-0.3, -0.25) is 4.57 Å². The van der Waals surface area contributed by atoms with Crippen LogP contribution in [-0.2, 0) is 12.4 Å². The van der Waals surface area contributed by atoms with Crippen molar-refractivity contribution in [2.75, 3.05) is 7.11 Å². The molecule has 8 heteroatoms. The van der Waals surface area contributed by atoms with Gasteiger partial charge in [-0.1, -0.05) is 47.6 Å². The summed E-state index contributed by atoms with van der Waals surface area (Å²) in [6.07, 6.45) is 0. The van der Waals surface area contributed by atoms with Gasteiger partial charge >= 0.3 is 0 Å². The van der Waals surface area contributed by atoms with Crippen molar-refractivity contribution in [3.05, 3.63) is 95.0 Å². The van der Waals surface area contributed by atoms with Crippen LogP contribution in [0.2, 0.25) is 5.02 Å². The Labute approximate surface area is 188 Å². The number of para-hydroxylation sites is 1. The summed E-state index contributed by atoms with van der Waals surface area (Å²) >= 11 is 7.54. The van der Waals surface area contributed by atoms with E-state index in [0.29, 0.717) is 33.1 Å². The fourth-order valence-electron chi connectivity index (χ4n) is 2.95. The first-order chi connectivity index (χ1) is 15.2. The maximum absolute atomic E-state index is 14.2. The van der Waals surface area contributed by atoms with Gasteiger partial charge in [0.2, 0.25) is 0 Å². The van der Waals surface area contributed by atoms with Crippen molar-refractivity contribution in [3.8, 4) is 17.2 Å². The Balaban J connectivity index is 1.58. The van der Waals surface area contributed by atoms with E-state index in [1.165, 1.54) is 17.8 Å². The van der Waals surface area contributed by atoms with Crippen molar-refractivity contribution in [3.63, 3.8) is 0 Å². The zero-order valence-corrected chi connectivity index (χ0v) is 18.2. The molecule has 0 aliphatic rings. The number of ether oxygens (including phenoxy) is 2. The standard InChI is InChI=1S/C23H19ClFN3O2S/c1-29-17-10-12-18(13-11-17)30-14-22-26-27-23(28(22)16-6-3-2-4-7-16)31-15-19-20(24)8-5-9-21(19)25/h2-13H,14-15H2,1H3. The van der Waals surface area contributed by atoms with Gasteiger partial charge in [0, 0.05) is 22.0 Å². The molecule has 0 saturated heterocycles. The summed E-state index contributed by atoms with van der Waals surface area (Å²) < 4.78 is 27.2. The first kappa shape index (κ1) is 21.2. The largest absolute Gasteiger partial charge is 0.497 e. The highest BCUT2D eigenvalue weighted by Crippen LogP contribution is 2.30. The molecule has 0 bridgehead atoms. The third kappa shape index (κ3) is 5.00. The Kier molecular flexibility index (Phi) is 6.74. The summed E-state index contributed by atoms with van der Waals surface area (Å²) in [5, 5.41) is 9.65. The molecule has 0 aliphatic heterocycles. The van der Waals surface area contributed by atoms with E-state index in [1.807, 2.05) is 59.2 Å². The normalized spacial score (nSPS) is 10.8. The summed E-state index contributed by atoms with van der Waals surface area (Å²) in [5.74, 6) is 2.06. The van der Waals surface area contributed by atoms with Gasteiger partial charge in [-0.15, -0.1) is 10.2 Å². The topological polar surface area (TPSA) is 49.2 Å². The van der Waals surface area contributed by atoms with Crippen molar-refractivity contribution in [1.29, 1.82) is 0 Å². The van der Waals surface area contributed by atoms with Crippen molar-refractivity contribution >= 4 is 23.4 Å². The Hall–Kier alpha value is -3.03. The van der Waals surface area contributed by atoms with Crippen molar-refractivity contribution in [2.24, 2.45) is 0 Å². The molecule has 31 heavy (non-hydrogen) atoms. The van der Waals surface area contributed by atoms with E-state index in [2.05, 4.69) is 10.2 Å². The number of halogens is 2. The minimum absolute atomic E-state index is 0.217. The predicted octanol–water partition coefficient (Wildman–Crippen LogP) is 5.94. The Morgan fingerprint density at radius 3 is 2.39 bits per heavy atom. The number of hydrogen-bond donors (Lipinski definition) is 0. The SMILES string of the molecule is COc1ccc(OCc2nnc(SCc3c(F)cccc3Cl)n2-c2ccccc2)cc1. The maximum Gasteiger partial charge on any atom is 0.196 e. The molecular weight excluding hydrogens is 437 g/mol. The Morgan fingerprint density at radius 1 is 0.935 bits per heavy atom. The van der Waals surface area contributed by atoms with Crippen LogP contribution in [0.4, 0.5) is 4.39 Å². The number of thioether (sulfide) groups is 1. The lowest BCUT2D eigenvalue weighted by atomic mass is 10.2. The fraction of sp³-hybridized carbons (Fsp3) is 0.130. The van der Waals surface area contributed by atoms with Crippen molar-refractivity contribution in [2.45, 2.75) is 17.5 Å². The van der Waals surface area contributed by atoms with E-state index >= 15 is 0 Å². The summed E-state index contributed by atoms with van der Waals surface area (Å²) in [4.78, 5) is 0. The van der Waals surface area contributed by atoms with Crippen molar-refractivity contribution in [1.82, 2.24) is 14.8 Å². The van der Waals surface area contributed by atoms with Gasteiger partial charge in [-0.25, -0.2) is 4.39 Å². The second-order valence-electron chi connectivity index (χ2n) is 6.52. The number of hydrogen-bond acceptors (Lipinski definition) is 5. The van der Waals surface area contributed by atoms with Gasteiger partial charge in [0.1, 0.15) is 23.9 Å². The lowest BCUT2D eigenvalue weighted by Crippen LogP contribution is -2.06. The van der Waals surface area contributed by atoms with E-state index in [1.54, 1.807) is 19.2 Å². The van der Waals surface area contributed by atoms with Crippen LogP contribution in [0.5, 0.6) is 11.5 Å². The maximum atomic E-state index is 14.2. The number of benzene rings is 3. The van der Waals surface area contributed by atoms with E-state index in [0.717, 1.165) is 11.4 Å². The number of nitrogens with zero attached hydrogens (tertiary/aromatic N) is 3. The second-order valence-corrected chi connectivity index (χ2v) is 7.87. The minimum Gasteiger partial charge on any atom is -0.497 e. The molecular formula is C23H19ClFN3O2S. The third-order valence-electron chi connectivity index (χ3n) is 4.55. The summed E-state index contributed by atoms with van der Waals surface area (Å²) in [6.45, 7) is 0.217. The van der Waals surface area contributed by atoms with Crippen molar-refractivity contribution < 1.29 is 13.9 Å². The van der Waals surface area contributed by atoms with Gasteiger partial charge < -0.3 is 9.47 Å². The van der Waals surface area contributed by atoms with Crippen LogP contribution in [0.1, 0.15) is 11.4 Å². The molecule has 0 atom stereocenters. The smallest absolute Gasteiger partial charge is 0.196 e. The highest BCUT2D eigenvalue weighted by atomic mass is 35.5. The Morgan fingerprint density at radius 2 is 1.68 bits per heavy atom. The highest BCUT2D eigenvalue weighted by molar-refractivity contribution is 7.98.